The van der Waals surface area contributed by atoms with Crippen LogP contribution in [0, 0.1) is 27.7 Å². The van der Waals surface area contributed by atoms with Crippen LogP contribution in [-0.2, 0) is 13.0 Å². The van der Waals surface area contributed by atoms with Crippen molar-refractivity contribution in [2.45, 2.75) is 40.7 Å². The summed E-state index contributed by atoms with van der Waals surface area (Å²) in [6, 6.07) is 0. The Kier molecular flexibility index (Phi) is 7.97. The number of aliphatic imine (C=N–C) groups is 1. The molecule has 0 amide bonds. The molecule has 0 saturated heterocycles. The van der Waals surface area contributed by atoms with Gasteiger partial charge in [-0.2, -0.15) is 0 Å². The Morgan fingerprint density at radius 3 is 2.39 bits per heavy atom. The fraction of sp³-hybridized carbons (Fsp3) is 0.533. The van der Waals surface area contributed by atoms with Gasteiger partial charge >= 0.3 is 0 Å². The minimum absolute atomic E-state index is 0. The van der Waals surface area contributed by atoms with Gasteiger partial charge < -0.3 is 15.1 Å². The molecule has 0 unspecified atom stereocenters. The second-order valence-electron chi connectivity index (χ2n) is 5.10. The third-order valence-electron chi connectivity index (χ3n) is 3.41. The van der Waals surface area contributed by atoms with Gasteiger partial charge in [0.2, 0.25) is 5.89 Å². The Balaban J connectivity index is 0.00000264. The predicted molar refractivity (Wildman–Crippen MR) is 105 cm³/mol. The molecule has 0 aliphatic heterocycles. The van der Waals surface area contributed by atoms with Crippen molar-refractivity contribution in [1.29, 1.82) is 0 Å². The summed E-state index contributed by atoms with van der Waals surface area (Å²) in [5.41, 5.74) is 2.05. The van der Waals surface area contributed by atoms with Crippen LogP contribution in [0.4, 0.5) is 0 Å². The fourth-order valence-corrected chi connectivity index (χ4v) is 2.86. The Bertz CT molecular complexity index is 626. The van der Waals surface area contributed by atoms with E-state index in [1.807, 2.05) is 20.8 Å². The number of halogens is 1. The molecule has 2 aromatic heterocycles. The van der Waals surface area contributed by atoms with E-state index >= 15 is 0 Å². The first-order valence-electron chi connectivity index (χ1n) is 7.30. The molecular formula is C15H24IN5OS. The highest BCUT2D eigenvalue weighted by atomic mass is 127. The van der Waals surface area contributed by atoms with Crippen molar-refractivity contribution in [3.63, 3.8) is 0 Å². The highest BCUT2D eigenvalue weighted by Gasteiger charge is 2.07. The molecule has 8 heteroatoms. The molecule has 2 heterocycles. The number of hydrogen-bond donors (Lipinski definition) is 2. The van der Waals surface area contributed by atoms with Gasteiger partial charge in [-0.3, -0.25) is 4.99 Å². The summed E-state index contributed by atoms with van der Waals surface area (Å²) >= 11 is 1.75. The molecule has 0 aliphatic carbocycles. The van der Waals surface area contributed by atoms with Gasteiger partial charge in [0.15, 0.2) is 5.96 Å². The summed E-state index contributed by atoms with van der Waals surface area (Å²) in [6.07, 6.45) is 0.886. The molecule has 6 nitrogen and oxygen atoms in total. The molecule has 0 spiro atoms. The Hall–Kier alpha value is -1.16. The molecule has 0 fully saturated rings. The van der Waals surface area contributed by atoms with Crippen LogP contribution in [0.2, 0.25) is 0 Å². The van der Waals surface area contributed by atoms with Crippen molar-refractivity contribution in [1.82, 2.24) is 20.6 Å². The van der Waals surface area contributed by atoms with Gasteiger partial charge in [-0.25, -0.2) is 9.97 Å². The van der Waals surface area contributed by atoms with E-state index in [-0.39, 0.29) is 24.0 Å². The minimum Gasteiger partial charge on any atom is -0.444 e. The number of guanidine groups is 1. The number of thiazole rings is 1. The van der Waals surface area contributed by atoms with Crippen molar-refractivity contribution in [3.8, 4) is 0 Å². The van der Waals surface area contributed by atoms with Crippen LogP contribution in [0.15, 0.2) is 9.41 Å². The highest BCUT2D eigenvalue weighted by molar-refractivity contribution is 14.0. The van der Waals surface area contributed by atoms with Crippen LogP contribution < -0.4 is 10.6 Å². The van der Waals surface area contributed by atoms with Crippen molar-refractivity contribution < 1.29 is 4.42 Å². The molecule has 0 saturated carbocycles. The Morgan fingerprint density at radius 2 is 1.87 bits per heavy atom. The maximum absolute atomic E-state index is 5.53. The lowest BCUT2D eigenvalue weighted by Gasteiger charge is -2.09. The summed E-state index contributed by atoms with van der Waals surface area (Å²) in [6.45, 7) is 9.30. The van der Waals surface area contributed by atoms with Gasteiger partial charge in [0.25, 0.3) is 0 Å². The normalized spacial score (nSPS) is 11.3. The first-order chi connectivity index (χ1) is 10.5. The second-order valence-corrected chi connectivity index (χ2v) is 6.39. The molecule has 0 bridgehead atoms. The van der Waals surface area contributed by atoms with Gasteiger partial charge in [-0.1, -0.05) is 0 Å². The molecule has 2 aromatic rings. The van der Waals surface area contributed by atoms with E-state index in [2.05, 4.69) is 32.5 Å². The summed E-state index contributed by atoms with van der Waals surface area (Å²) in [4.78, 5) is 14.3. The zero-order valence-corrected chi connectivity index (χ0v) is 17.3. The van der Waals surface area contributed by atoms with Crippen LogP contribution in [0.25, 0.3) is 0 Å². The quantitative estimate of drug-likeness (QED) is 0.417. The van der Waals surface area contributed by atoms with E-state index in [0.717, 1.165) is 41.1 Å². The lowest BCUT2D eigenvalue weighted by Crippen LogP contribution is -2.37. The molecular weight excluding hydrogens is 425 g/mol. The second kappa shape index (κ2) is 9.21. The lowest BCUT2D eigenvalue weighted by atomic mass is 10.4. The lowest BCUT2D eigenvalue weighted by molar-refractivity contribution is 0.464. The van der Waals surface area contributed by atoms with Gasteiger partial charge in [0.05, 0.1) is 22.9 Å². The number of hydrogen-bond acceptors (Lipinski definition) is 5. The predicted octanol–water partition coefficient (Wildman–Crippen LogP) is 2.89. The standard InChI is InChI=1S/C15H23N5OS.HI/c1-9-11(3)21-13(19-9)8-18-15(16-5)17-7-6-14-20-10(2)12(4)22-14;/h6-8H2,1-5H3,(H2,16,17,18);1H. The number of aryl methyl sites for hydroxylation is 4. The van der Waals surface area contributed by atoms with E-state index in [1.165, 1.54) is 4.88 Å². The van der Waals surface area contributed by atoms with Gasteiger partial charge in [0, 0.05) is 24.9 Å². The number of aromatic nitrogens is 2. The van der Waals surface area contributed by atoms with Crippen molar-refractivity contribution in [2.75, 3.05) is 13.6 Å². The van der Waals surface area contributed by atoms with E-state index in [4.69, 9.17) is 4.42 Å². The first-order valence-corrected chi connectivity index (χ1v) is 8.11. The average molecular weight is 449 g/mol. The largest absolute Gasteiger partial charge is 0.444 e. The van der Waals surface area contributed by atoms with E-state index in [0.29, 0.717) is 12.4 Å². The molecule has 2 rings (SSSR count). The first kappa shape index (κ1) is 19.9. The maximum Gasteiger partial charge on any atom is 0.214 e. The van der Waals surface area contributed by atoms with E-state index in [9.17, 15) is 0 Å². The Morgan fingerprint density at radius 1 is 1.13 bits per heavy atom. The van der Waals surface area contributed by atoms with Gasteiger partial charge in [-0.05, 0) is 27.7 Å². The zero-order valence-electron chi connectivity index (χ0n) is 14.2. The van der Waals surface area contributed by atoms with Gasteiger partial charge in [-0.15, -0.1) is 35.3 Å². The number of rotatable bonds is 5. The maximum atomic E-state index is 5.53. The molecule has 23 heavy (non-hydrogen) atoms. The van der Waals surface area contributed by atoms with Crippen molar-refractivity contribution >= 4 is 41.3 Å². The molecule has 0 aromatic carbocycles. The van der Waals surface area contributed by atoms with E-state index < -0.39 is 0 Å². The topological polar surface area (TPSA) is 75.3 Å². The monoisotopic (exact) mass is 449 g/mol. The third-order valence-corrected chi connectivity index (χ3v) is 4.54. The third kappa shape index (κ3) is 5.76. The number of oxazole rings is 1. The van der Waals surface area contributed by atoms with Crippen LogP contribution in [0.3, 0.4) is 0 Å². The molecule has 128 valence electrons. The smallest absolute Gasteiger partial charge is 0.214 e. The fourth-order valence-electron chi connectivity index (χ4n) is 1.93. The average Bonchev–Trinajstić information content (AvgIpc) is 2.97. The number of nitrogens with one attached hydrogen (secondary N) is 2. The number of nitrogens with zero attached hydrogens (tertiary/aromatic N) is 3. The summed E-state index contributed by atoms with van der Waals surface area (Å²) in [5.74, 6) is 2.26. The van der Waals surface area contributed by atoms with Crippen LogP contribution in [0.1, 0.15) is 32.9 Å². The van der Waals surface area contributed by atoms with Crippen LogP contribution >= 0.6 is 35.3 Å². The highest BCUT2D eigenvalue weighted by Crippen LogP contribution is 2.16. The zero-order chi connectivity index (χ0) is 16.1. The molecule has 0 aliphatic rings. The SMILES string of the molecule is CN=C(NCCc1nc(C)c(C)s1)NCc1nc(C)c(C)o1.I. The molecule has 0 radical (unpaired) electrons. The summed E-state index contributed by atoms with van der Waals surface area (Å²) < 4.78 is 5.53. The van der Waals surface area contributed by atoms with Crippen molar-refractivity contribution in [2.24, 2.45) is 4.99 Å². The van der Waals surface area contributed by atoms with Crippen molar-refractivity contribution in [3.05, 3.63) is 32.9 Å². The van der Waals surface area contributed by atoms with Crippen LogP contribution in [-0.4, -0.2) is 29.5 Å². The van der Waals surface area contributed by atoms with Crippen LogP contribution in [0.5, 0.6) is 0 Å². The summed E-state index contributed by atoms with van der Waals surface area (Å²) in [7, 11) is 1.75. The minimum atomic E-state index is 0. The Labute approximate surface area is 158 Å². The van der Waals surface area contributed by atoms with Gasteiger partial charge in [0.1, 0.15) is 5.76 Å². The molecule has 0 atom stereocenters. The van der Waals surface area contributed by atoms with E-state index in [1.54, 1.807) is 18.4 Å². The molecule has 2 N–H and O–H groups in total. The summed E-state index contributed by atoms with van der Waals surface area (Å²) in [5, 5.41) is 7.62.